The van der Waals surface area contributed by atoms with Crippen LogP contribution in [0.3, 0.4) is 0 Å². The van der Waals surface area contributed by atoms with Crippen molar-refractivity contribution in [3.8, 4) is 0 Å². The summed E-state index contributed by atoms with van der Waals surface area (Å²) in [4.78, 5) is 56.0. The summed E-state index contributed by atoms with van der Waals surface area (Å²) in [5.41, 5.74) is 3.43. The quantitative estimate of drug-likeness (QED) is 0.268. The molecule has 0 unspecified atom stereocenters. The van der Waals surface area contributed by atoms with E-state index in [4.69, 9.17) is 4.74 Å². The number of nitrogens with zero attached hydrogens (tertiary/aromatic N) is 2. The molecular formula is C34H28N2O5. The van der Waals surface area contributed by atoms with Crippen LogP contribution < -0.4 is 0 Å². The van der Waals surface area contributed by atoms with Gasteiger partial charge in [-0.1, -0.05) is 84.9 Å². The maximum atomic E-state index is 13.3. The van der Waals surface area contributed by atoms with Crippen molar-refractivity contribution in [1.29, 1.82) is 0 Å². The molecule has 4 amide bonds. The maximum absolute atomic E-state index is 13.3. The van der Waals surface area contributed by atoms with Crippen molar-refractivity contribution in [2.45, 2.75) is 24.9 Å². The number of hydrogen-bond donors (Lipinski definition) is 0. The number of rotatable bonds is 10. The standard InChI is InChI=1S/C34H28N2O5/c37-31-27-15-7-8-16-28(27)32(38)35(31)25(19-23-11-3-1-4-12-23)21-41-22-26(20-24-13-5-2-6-14-24)36-33(39)29-17-9-10-18-30(29)34(36)40/h1-18,25-26H,19-22H2/t25-,26-/m1/s1. The number of ether oxygens (including phenoxy) is 1. The molecule has 41 heavy (non-hydrogen) atoms. The normalized spacial score (nSPS) is 15.7. The summed E-state index contributed by atoms with van der Waals surface area (Å²) in [6.45, 7) is 0.101. The number of carbonyl (C=O) groups is 4. The molecule has 2 heterocycles. The average Bonchev–Trinajstić information content (AvgIpc) is 3.41. The molecule has 2 atom stereocenters. The van der Waals surface area contributed by atoms with Crippen molar-refractivity contribution in [3.63, 3.8) is 0 Å². The molecule has 204 valence electrons. The van der Waals surface area contributed by atoms with Gasteiger partial charge in [-0.2, -0.15) is 0 Å². The fourth-order valence-corrected chi connectivity index (χ4v) is 5.64. The molecule has 0 radical (unpaired) electrons. The van der Waals surface area contributed by atoms with E-state index < -0.39 is 12.1 Å². The summed E-state index contributed by atoms with van der Waals surface area (Å²) in [6.07, 6.45) is 0.811. The Morgan fingerprint density at radius 2 is 0.732 bits per heavy atom. The molecule has 7 nitrogen and oxygen atoms in total. The molecule has 0 bridgehead atoms. The first-order valence-electron chi connectivity index (χ1n) is 13.6. The molecule has 2 aliphatic rings. The van der Waals surface area contributed by atoms with Crippen LogP contribution in [0.1, 0.15) is 52.6 Å². The summed E-state index contributed by atoms with van der Waals surface area (Å²) in [7, 11) is 0. The lowest BCUT2D eigenvalue weighted by Gasteiger charge is -2.29. The Morgan fingerprint density at radius 1 is 0.439 bits per heavy atom. The zero-order valence-electron chi connectivity index (χ0n) is 22.3. The van der Waals surface area contributed by atoms with Gasteiger partial charge in [0.15, 0.2) is 0 Å². The third-order valence-electron chi connectivity index (χ3n) is 7.63. The number of benzene rings is 4. The lowest BCUT2D eigenvalue weighted by Crippen LogP contribution is -2.47. The second kappa shape index (κ2) is 11.3. The van der Waals surface area contributed by atoms with Crippen LogP contribution in [0.4, 0.5) is 0 Å². The molecule has 4 aromatic carbocycles. The van der Waals surface area contributed by atoms with Crippen molar-refractivity contribution >= 4 is 23.6 Å². The highest BCUT2D eigenvalue weighted by Crippen LogP contribution is 2.28. The van der Waals surface area contributed by atoms with E-state index in [-0.39, 0.29) is 36.8 Å². The van der Waals surface area contributed by atoms with Crippen LogP contribution in [0.25, 0.3) is 0 Å². The van der Waals surface area contributed by atoms with Crippen LogP contribution in [-0.2, 0) is 17.6 Å². The highest BCUT2D eigenvalue weighted by Gasteiger charge is 2.42. The summed E-state index contributed by atoms with van der Waals surface area (Å²) in [6, 6.07) is 31.7. The van der Waals surface area contributed by atoms with E-state index in [9.17, 15) is 19.2 Å². The molecule has 0 saturated heterocycles. The zero-order chi connectivity index (χ0) is 28.3. The monoisotopic (exact) mass is 544 g/mol. The summed E-state index contributed by atoms with van der Waals surface area (Å²) < 4.78 is 6.23. The van der Waals surface area contributed by atoms with Gasteiger partial charge in [0.25, 0.3) is 23.6 Å². The number of imide groups is 2. The van der Waals surface area contributed by atoms with Gasteiger partial charge in [0.05, 0.1) is 47.6 Å². The minimum atomic E-state index is -0.579. The highest BCUT2D eigenvalue weighted by atomic mass is 16.5. The Bertz CT molecular complexity index is 1430. The number of hydrogen-bond acceptors (Lipinski definition) is 5. The Balaban J connectivity index is 1.25. The van der Waals surface area contributed by atoms with Crippen molar-refractivity contribution in [2.24, 2.45) is 0 Å². The lowest BCUT2D eigenvalue weighted by molar-refractivity contribution is 0.0222. The molecule has 0 aromatic heterocycles. The van der Waals surface area contributed by atoms with Gasteiger partial charge >= 0.3 is 0 Å². The minimum absolute atomic E-state index is 0.0504. The zero-order valence-corrected chi connectivity index (χ0v) is 22.3. The number of amides is 4. The molecule has 0 saturated carbocycles. The lowest BCUT2D eigenvalue weighted by atomic mass is 10.0. The van der Waals surface area contributed by atoms with Crippen molar-refractivity contribution in [3.05, 3.63) is 143 Å². The second-order valence-electron chi connectivity index (χ2n) is 10.3. The maximum Gasteiger partial charge on any atom is 0.261 e. The third-order valence-corrected chi connectivity index (χ3v) is 7.63. The molecule has 6 rings (SSSR count). The molecular weight excluding hydrogens is 516 g/mol. The van der Waals surface area contributed by atoms with Crippen LogP contribution in [0.2, 0.25) is 0 Å². The van der Waals surface area contributed by atoms with Gasteiger partial charge in [-0.3, -0.25) is 29.0 Å². The number of carbonyl (C=O) groups excluding carboxylic acids is 4. The first kappa shape index (κ1) is 26.3. The van der Waals surface area contributed by atoms with Crippen molar-refractivity contribution < 1.29 is 23.9 Å². The first-order valence-corrected chi connectivity index (χ1v) is 13.6. The largest absolute Gasteiger partial charge is 0.377 e. The first-order chi connectivity index (χ1) is 20.0. The summed E-state index contributed by atoms with van der Waals surface area (Å²) >= 11 is 0. The predicted molar refractivity (Wildman–Crippen MR) is 153 cm³/mol. The molecule has 0 aliphatic carbocycles. The fourth-order valence-electron chi connectivity index (χ4n) is 5.64. The molecule has 0 fully saturated rings. The van der Waals surface area contributed by atoms with E-state index in [1.807, 2.05) is 60.7 Å². The van der Waals surface area contributed by atoms with Gasteiger partial charge in [-0.25, -0.2) is 0 Å². The van der Waals surface area contributed by atoms with Gasteiger partial charge in [0.1, 0.15) is 0 Å². The smallest absolute Gasteiger partial charge is 0.261 e. The van der Waals surface area contributed by atoms with Gasteiger partial charge in [-0.15, -0.1) is 0 Å². The minimum Gasteiger partial charge on any atom is -0.377 e. The third kappa shape index (κ3) is 5.08. The van der Waals surface area contributed by atoms with Crippen LogP contribution in [0.15, 0.2) is 109 Å². The van der Waals surface area contributed by atoms with E-state index in [0.717, 1.165) is 11.1 Å². The Morgan fingerprint density at radius 3 is 1.05 bits per heavy atom. The SMILES string of the molecule is O=C1c2ccccc2C(=O)N1[C@@H](COC[C@@H](Cc1ccccc1)N1C(=O)c2ccccc2C1=O)Cc1ccccc1. The Labute approximate surface area is 238 Å². The molecule has 7 heteroatoms. The molecule has 2 aliphatic heterocycles. The summed E-state index contributed by atoms with van der Waals surface area (Å²) in [5.74, 6) is -1.40. The highest BCUT2D eigenvalue weighted by molar-refractivity contribution is 6.22. The molecule has 0 spiro atoms. The van der Waals surface area contributed by atoms with E-state index >= 15 is 0 Å². The van der Waals surface area contributed by atoms with Gasteiger partial charge in [-0.05, 0) is 48.2 Å². The topological polar surface area (TPSA) is 84.0 Å². The van der Waals surface area contributed by atoms with Crippen molar-refractivity contribution in [2.75, 3.05) is 13.2 Å². The average molecular weight is 545 g/mol. The van der Waals surface area contributed by atoms with Crippen LogP contribution in [0, 0.1) is 0 Å². The van der Waals surface area contributed by atoms with Crippen molar-refractivity contribution in [1.82, 2.24) is 9.80 Å². The molecule has 4 aromatic rings. The van der Waals surface area contributed by atoms with Crippen LogP contribution in [0.5, 0.6) is 0 Å². The van der Waals surface area contributed by atoms with Gasteiger partial charge in [0.2, 0.25) is 0 Å². The van der Waals surface area contributed by atoms with Crippen LogP contribution in [-0.4, -0.2) is 58.7 Å². The Kier molecular flexibility index (Phi) is 7.27. The van der Waals surface area contributed by atoms with Gasteiger partial charge in [0, 0.05) is 0 Å². The predicted octanol–water partition coefficient (Wildman–Crippen LogP) is 4.82. The van der Waals surface area contributed by atoms with Crippen LogP contribution >= 0.6 is 0 Å². The number of fused-ring (bicyclic) bond motifs is 2. The van der Waals surface area contributed by atoms with Gasteiger partial charge < -0.3 is 4.74 Å². The van der Waals surface area contributed by atoms with E-state index in [0.29, 0.717) is 35.1 Å². The second-order valence-corrected chi connectivity index (χ2v) is 10.3. The molecule has 0 N–H and O–H groups in total. The fraction of sp³-hybridized carbons (Fsp3) is 0.176. The summed E-state index contributed by atoms with van der Waals surface area (Å²) in [5, 5.41) is 0. The van der Waals surface area contributed by atoms with E-state index in [2.05, 4.69) is 0 Å². The van der Waals surface area contributed by atoms with E-state index in [1.165, 1.54) is 9.80 Å². The Hall–Kier alpha value is -4.88. The van der Waals surface area contributed by atoms with E-state index in [1.54, 1.807) is 48.5 Å².